The zero-order valence-electron chi connectivity index (χ0n) is 13.6. The summed E-state index contributed by atoms with van der Waals surface area (Å²) in [6.07, 6.45) is 2.21. The van der Waals surface area contributed by atoms with Crippen molar-refractivity contribution >= 4 is 23.3 Å². The van der Waals surface area contributed by atoms with Crippen LogP contribution in [0.2, 0.25) is 5.02 Å². The molecule has 0 saturated heterocycles. The standard InChI is InChI=1S/C19H16ClN3O2/c1-25-15-8-6-14(7-9-15)23-19-17(11-21-23)16(10-18(24)22-19)12-2-4-13(20)5-3-12/h2-9,11,16H,10H2,1H3,(H,22,24). The third kappa shape index (κ3) is 2.87. The van der Waals surface area contributed by atoms with Crippen molar-refractivity contribution < 1.29 is 9.53 Å². The molecule has 0 bridgehead atoms. The summed E-state index contributed by atoms with van der Waals surface area (Å²) in [6.45, 7) is 0. The molecule has 1 N–H and O–H groups in total. The molecule has 0 fully saturated rings. The van der Waals surface area contributed by atoms with Gasteiger partial charge >= 0.3 is 0 Å². The smallest absolute Gasteiger partial charge is 0.226 e. The molecule has 4 rings (SSSR count). The molecule has 0 radical (unpaired) electrons. The van der Waals surface area contributed by atoms with Crippen molar-refractivity contribution in [1.82, 2.24) is 9.78 Å². The lowest BCUT2D eigenvalue weighted by Gasteiger charge is -2.23. The van der Waals surface area contributed by atoms with Crippen LogP contribution in [0.25, 0.3) is 5.69 Å². The van der Waals surface area contributed by atoms with E-state index in [0.717, 1.165) is 22.6 Å². The van der Waals surface area contributed by atoms with Crippen LogP contribution in [0.15, 0.2) is 54.7 Å². The lowest BCUT2D eigenvalue weighted by Crippen LogP contribution is -2.24. The fourth-order valence-electron chi connectivity index (χ4n) is 3.13. The van der Waals surface area contributed by atoms with E-state index >= 15 is 0 Å². The van der Waals surface area contributed by atoms with Crippen molar-refractivity contribution in [2.45, 2.75) is 12.3 Å². The summed E-state index contributed by atoms with van der Waals surface area (Å²) in [5.41, 5.74) is 2.91. The summed E-state index contributed by atoms with van der Waals surface area (Å²) >= 11 is 5.98. The van der Waals surface area contributed by atoms with E-state index in [2.05, 4.69) is 10.4 Å². The minimum absolute atomic E-state index is 0.0253. The number of nitrogens with zero attached hydrogens (tertiary/aromatic N) is 2. The molecule has 1 aliphatic heterocycles. The van der Waals surface area contributed by atoms with E-state index in [-0.39, 0.29) is 11.8 Å². The summed E-state index contributed by atoms with van der Waals surface area (Å²) < 4.78 is 6.94. The maximum atomic E-state index is 12.3. The SMILES string of the molecule is COc1ccc(-n2ncc3c2NC(=O)CC3c2ccc(Cl)cc2)cc1. The van der Waals surface area contributed by atoms with Crippen LogP contribution >= 0.6 is 11.6 Å². The van der Waals surface area contributed by atoms with Crippen LogP contribution in [-0.4, -0.2) is 22.8 Å². The Morgan fingerprint density at radius 2 is 1.88 bits per heavy atom. The Morgan fingerprint density at radius 3 is 2.56 bits per heavy atom. The Hall–Kier alpha value is -2.79. The fraction of sp³-hybridized carbons (Fsp3) is 0.158. The highest BCUT2D eigenvalue weighted by Crippen LogP contribution is 2.38. The van der Waals surface area contributed by atoms with Crippen molar-refractivity contribution in [3.8, 4) is 11.4 Å². The molecule has 0 spiro atoms. The summed E-state index contributed by atoms with van der Waals surface area (Å²) in [6, 6.07) is 15.2. The van der Waals surface area contributed by atoms with Crippen LogP contribution in [-0.2, 0) is 4.79 Å². The number of halogens is 1. The van der Waals surface area contributed by atoms with Gasteiger partial charge in [0.05, 0.1) is 19.0 Å². The monoisotopic (exact) mass is 353 g/mol. The number of hydrogen-bond acceptors (Lipinski definition) is 3. The highest BCUT2D eigenvalue weighted by atomic mass is 35.5. The molecule has 2 aromatic carbocycles. The van der Waals surface area contributed by atoms with Crippen LogP contribution in [0.4, 0.5) is 5.82 Å². The van der Waals surface area contributed by atoms with Gasteiger partial charge in [0.2, 0.25) is 5.91 Å². The molecule has 1 amide bonds. The Morgan fingerprint density at radius 1 is 1.16 bits per heavy atom. The third-order valence-corrected chi connectivity index (χ3v) is 4.66. The number of benzene rings is 2. The van der Waals surface area contributed by atoms with E-state index in [1.54, 1.807) is 11.8 Å². The first-order valence-electron chi connectivity index (χ1n) is 7.93. The van der Waals surface area contributed by atoms with Crippen molar-refractivity contribution in [2.75, 3.05) is 12.4 Å². The first kappa shape index (κ1) is 15.7. The van der Waals surface area contributed by atoms with Gasteiger partial charge in [-0.1, -0.05) is 23.7 Å². The molecule has 3 aromatic rings. The molecule has 0 saturated carbocycles. The maximum Gasteiger partial charge on any atom is 0.226 e. The van der Waals surface area contributed by atoms with Gasteiger partial charge in [-0.25, -0.2) is 4.68 Å². The number of ether oxygens (including phenoxy) is 1. The summed E-state index contributed by atoms with van der Waals surface area (Å²) in [5, 5.41) is 8.12. The molecule has 1 aromatic heterocycles. The van der Waals surface area contributed by atoms with Gasteiger partial charge in [-0.2, -0.15) is 5.10 Å². The highest BCUT2D eigenvalue weighted by Gasteiger charge is 2.30. The molecule has 1 aliphatic rings. The predicted octanol–water partition coefficient (Wildman–Crippen LogP) is 4.01. The largest absolute Gasteiger partial charge is 0.497 e. The van der Waals surface area contributed by atoms with E-state index in [1.807, 2.05) is 54.7 Å². The third-order valence-electron chi connectivity index (χ3n) is 4.41. The minimum atomic E-state index is -0.0342. The number of rotatable bonds is 3. The summed E-state index contributed by atoms with van der Waals surface area (Å²) in [7, 11) is 1.63. The average Bonchev–Trinajstić information content (AvgIpc) is 3.05. The Kier molecular flexibility index (Phi) is 3.93. The second-order valence-electron chi connectivity index (χ2n) is 5.91. The van der Waals surface area contributed by atoms with Crippen LogP contribution in [0.1, 0.15) is 23.5 Å². The zero-order valence-corrected chi connectivity index (χ0v) is 14.3. The molecule has 6 heteroatoms. The number of methoxy groups -OCH3 is 1. The number of nitrogens with one attached hydrogen (secondary N) is 1. The van der Waals surface area contributed by atoms with E-state index < -0.39 is 0 Å². The van der Waals surface area contributed by atoms with Crippen LogP contribution in [0.5, 0.6) is 5.75 Å². The van der Waals surface area contributed by atoms with Gasteiger partial charge in [0.25, 0.3) is 0 Å². The lowest BCUT2D eigenvalue weighted by molar-refractivity contribution is -0.116. The summed E-state index contributed by atoms with van der Waals surface area (Å²) in [4.78, 5) is 12.3. The van der Waals surface area contributed by atoms with E-state index in [9.17, 15) is 4.79 Å². The van der Waals surface area contributed by atoms with Gasteiger partial charge in [0.1, 0.15) is 11.6 Å². The van der Waals surface area contributed by atoms with Crippen molar-refractivity contribution in [2.24, 2.45) is 0 Å². The number of fused-ring (bicyclic) bond motifs is 1. The molecule has 0 aliphatic carbocycles. The molecule has 2 heterocycles. The lowest BCUT2D eigenvalue weighted by atomic mass is 9.87. The van der Waals surface area contributed by atoms with Crippen LogP contribution in [0.3, 0.4) is 0 Å². The van der Waals surface area contributed by atoms with E-state index in [0.29, 0.717) is 17.3 Å². The highest BCUT2D eigenvalue weighted by molar-refractivity contribution is 6.30. The number of carbonyl (C=O) groups is 1. The van der Waals surface area contributed by atoms with Crippen LogP contribution < -0.4 is 10.1 Å². The van der Waals surface area contributed by atoms with Crippen molar-refractivity contribution in [1.29, 1.82) is 0 Å². The van der Waals surface area contributed by atoms with E-state index in [1.165, 1.54) is 0 Å². The number of amides is 1. The number of carbonyl (C=O) groups excluding carboxylic acids is 1. The average molecular weight is 354 g/mol. The number of aromatic nitrogens is 2. The maximum absolute atomic E-state index is 12.3. The van der Waals surface area contributed by atoms with Crippen molar-refractivity contribution in [3.05, 3.63) is 70.9 Å². The molecule has 126 valence electrons. The molecule has 25 heavy (non-hydrogen) atoms. The molecular formula is C19H16ClN3O2. The first-order valence-corrected chi connectivity index (χ1v) is 8.31. The van der Waals surface area contributed by atoms with Gasteiger partial charge in [0, 0.05) is 22.9 Å². The fourth-order valence-corrected chi connectivity index (χ4v) is 3.26. The Bertz CT molecular complexity index is 917. The number of anilines is 1. The molecule has 5 nitrogen and oxygen atoms in total. The normalized spacial score (nSPS) is 16.2. The van der Waals surface area contributed by atoms with Crippen molar-refractivity contribution in [3.63, 3.8) is 0 Å². The zero-order chi connectivity index (χ0) is 17.4. The quantitative estimate of drug-likeness (QED) is 0.774. The van der Waals surface area contributed by atoms with Crippen LogP contribution in [0, 0.1) is 0 Å². The second-order valence-corrected chi connectivity index (χ2v) is 6.35. The topological polar surface area (TPSA) is 56.1 Å². The number of hydrogen-bond donors (Lipinski definition) is 1. The second kappa shape index (κ2) is 6.26. The Labute approximate surface area is 150 Å². The van der Waals surface area contributed by atoms with Gasteiger partial charge in [0.15, 0.2) is 0 Å². The van der Waals surface area contributed by atoms with Gasteiger partial charge in [-0.3, -0.25) is 4.79 Å². The van der Waals surface area contributed by atoms with Gasteiger partial charge in [-0.05, 0) is 42.0 Å². The molecule has 1 atom stereocenters. The van der Waals surface area contributed by atoms with Gasteiger partial charge in [-0.15, -0.1) is 0 Å². The Balaban J connectivity index is 1.76. The van der Waals surface area contributed by atoms with E-state index in [4.69, 9.17) is 16.3 Å². The molecule has 1 unspecified atom stereocenters. The summed E-state index contributed by atoms with van der Waals surface area (Å²) in [5.74, 6) is 1.42. The first-order chi connectivity index (χ1) is 12.2. The van der Waals surface area contributed by atoms with Gasteiger partial charge < -0.3 is 10.1 Å². The predicted molar refractivity (Wildman–Crippen MR) is 96.7 cm³/mol. The molecular weight excluding hydrogens is 338 g/mol. The minimum Gasteiger partial charge on any atom is -0.497 e.